The van der Waals surface area contributed by atoms with Gasteiger partial charge in [-0.2, -0.15) is 0 Å². The molecular weight excluding hydrogens is 336 g/mol. The van der Waals surface area contributed by atoms with Crippen LogP contribution in [0.15, 0.2) is 33.5 Å². The molecule has 21 heavy (non-hydrogen) atoms. The first kappa shape index (κ1) is 14.1. The molecule has 0 aliphatic carbocycles. The number of aromatic nitrogens is 1. The van der Waals surface area contributed by atoms with Crippen LogP contribution >= 0.6 is 15.9 Å². The van der Waals surface area contributed by atoms with Gasteiger partial charge in [0, 0.05) is 23.0 Å². The molecule has 0 fully saturated rings. The number of ether oxygens (including phenoxy) is 1. The fourth-order valence-electron chi connectivity index (χ4n) is 2.38. The van der Waals surface area contributed by atoms with Gasteiger partial charge in [0.25, 0.3) is 5.91 Å². The third-order valence-corrected chi connectivity index (χ3v) is 3.95. The summed E-state index contributed by atoms with van der Waals surface area (Å²) in [5.74, 6) is 1.33. The quantitative estimate of drug-likeness (QED) is 0.835. The Bertz CT molecular complexity index is 669. The second-order valence-corrected chi connectivity index (χ2v) is 5.72. The molecule has 0 N–H and O–H groups in total. The maximum atomic E-state index is 12.6. The SMILES string of the molecule is CCc1ocnc1C(=O)N1CCOc2ccc(Br)cc2C1. The Labute approximate surface area is 131 Å². The Morgan fingerprint density at radius 2 is 2.33 bits per heavy atom. The smallest absolute Gasteiger partial charge is 0.276 e. The van der Waals surface area contributed by atoms with Crippen LogP contribution in [0, 0.1) is 0 Å². The first-order valence-corrected chi connectivity index (χ1v) is 7.61. The summed E-state index contributed by atoms with van der Waals surface area (Å²) in [5, 5.41) is 0. The number of amides is 1. The third-order valence-electron chi connectivity index (χ3n) is 3.45. The van der Waals surface area contributed by atoms with Gasteiger partial charge in [0.15, 0.2) is 12.1 Å². The molecule has 1 aromatic carbocycles. The lowest BCUT2D eigenvalue weighted by molar-refractivity contribution is 0.0725. The number of aryl methyl sites for hydroxylation is 1. The molecule has 6 heteroatoms. The van der Waals surface area contributed by atoms with Gasteiger partial charge in [-0.15, -0.1) is 0 Å². The molecule has 0 saturated carbocycles. The molecule has 0 unspecified atom stereocenters. The van der Waals surface area contributed by atoms with Gasteiger partial charge in [-0.25, -0.2) is 4.98 Å². The summed E-state index contributed by atoms with van der Waals surface area (Å²) in [6.45, 7) is 3.44. The van der Waals surface area contributed by atoms with Crippen molar-refractivity contribution in [2.75, 3.05) is 13.2 Å². The topological polar surface area (TPSA) is 55.6 Å². The fourth-order valence-corrected chi connectivity index (χ4v) is 2.79. The molecule has 1 amide bonds. The van der Waals surface area contributed by atoms with Crippen molar-refractivity contribution in [3.05, 3.63) is 46.1 Å². The molecular formula is C15H15BrN2O3. The number of hydrogen-bond donors (Lipinski definition) is 0. The van der Waals surface area contributed by atoms with Crippen molar-refractivity contribution in [1.29, 1.82) is 0 Å². The average molecular weight is 351 g/mol. The molecule has 1 aliphatic rings. The normalized spacial score (nSPS) is 14.3. The van der Waals surface area contributed by atoms with E-state index < -0.39 is 0 Å². The minimum absolute atomic E-state index is 0.114. The summed E-state index contributed by atoms with van der Waals surface area (Å²) < 4.78 is 11.9. The lowest BCUT2D eigenvalue weighted by atomic mass is 10.2. The van der Waals surface area contributed by atoms with E-state index in [0.29, 0.717) is 37.6 Å². The highest BCUT2D eigenvalue weighted by Gasteiger charge is 2.25. The molecule has 5 nitrogen and oxygen atoms in total. The van der Waals surface area contributed by atoms with E-state index in [2.05, 4.69) is 20.9 Å². The van der Waals surface area contributed by atoms with Crippen molar-refractivity contribution in [1.82, 2.24) is 9.88 Å². The van der Waals surface area contributed by atoms with Gasteiger partial charge in [0.1, 0.15) is 18.1 Å². The second-order valence-electron chi connectivity index (χ2n) is 4.80. The maximum absolute atomic E-state index is 12.6. The van der Waals surface area contributed by atoms with Crippen molar-refractivity contribution in [3.63, 3.8) is 0 Å². The summed E-state index contributed by atoms with van der Waals surface area (Å²) >= 11 is 3.45. The molecule has 0 spiro atoms. The number of carbonyl (C=O) groups excluding carboxylic acids is 1. The number of oxazole rings is 1. The standard InChI is InChI=1S/C15H15BrN2O3/c1-2-12-14(17-9-21-12)15(19)18-5-6-20-13-4-3-11(16)7-10(13)8-18/h3-4,7,9H,2,5-6,8H2,1H3. The predicted octanol–water partition coefficient (Wildman–Crippen LogP) is 3.03. The average Bonchev–Trinajstić information content (AvgIpc) is 2.86. The predicted molar refractivity (Wildman–Crippen MR) is 80.3 cm³/mol. The minimum Gasteiger partial charge on any atom is -0.491 e. The van der Waals surface area contributed by atoms with Gasteiger partial charge in [0.05, 0.1) is 6.54 Å². The molecule has 0 saturated heterocycles. The number of halogens is 1. The molecule has 0 bridgehead atoms. The largest absolute Gasteiger partial charge is 0.491 e. The number of fused-ring (bicyclic) bond motifs is 1. The highest BCUT2D eigenvalue weighted by atomic mass is 79.9. The summed E-state index contributed by atoms with van der Waals surface area (Å²) in [7, 11) is 0. The van der Waals surface area contributed by atoms with Gasteiger partial charge in [-0.05, 0) is 18.2 Å². The van der Waals surface area contributed by atoms with Crippen molar-refractivity contribution in [3.8, 4) is 5.75 Å². The molecule has 110 valence electrons. The Balaban J connectivity index is 1.88. The summed E-state index contributed by atoms with van der Waals surface area (Å²) in [4.78, 5) is 18.4. The van der Waals surface area contributed by atoms with Crippen molar-refractivity contribution >= 4 is 21.8 Å². The first-order chi connectivity index (χ1) is 10.2. The number of benzene rings is 1. The van der Waals surface area contributed by atoms with E-state index in [1.54, 1.807) is 4.90 Å². The number of nitrogens with zero attached hydrogens (tertiary/aromatic N) is 2. The number of hydrogen-bond acceptors (Lipinski definition) is 4. The highest BCUT2D eigenvalue weighted by molar-refractivity contribution is 9.10. The van der Waals surface area contributed by atoms with Crippen LogP contribution in [0.1, 0.15) is 28.7 Å². The Hall–Kier alpha value is -1.82. The zero-order chi connectivity index (χ0) is 14.8. The zero-order valence-electron chi connectivity index (χ0n) is 11.6. The number of rotatable bonds is 2. The summed E-state index contributed by atoms with van der Waals surface area (Å²) in [6.07, 6.45) is 1.97. The van der Waals surface area contributed by atoms with E-state index in [0.717, 1.165) is 15.8 Å². The van der Waals surface area contributed by atoms with Crippen LogP contribution in [0.4, 0.5) is 0 Å². The van der Waals surface area contributed by atoms with Crippen LogP contribution in [-0.4, -0.2) is 28.9 Å². The molecule has 2 aromatic rings. The van der Waals surface area contributed by atoms with E-state index in [1.807, 2.05) is 25.1 Å². The van der Waals surface area contributed by atoms with E-state index in [-0.39, 0.29) is 5.91 Å². The molecule has 1 aliphatic heterocycles. The van der Waals surface area contributed by atoms with Crippen LogP contribution in [-0.2, 0) is 13.0 Å². The third kappa shape index (κ3) is 2.81. The minimum atomic E-state index is -0.114. The molecule has 3 rings (SSSR count). The van der Waals surface area contributed by atoms with Crippen molar-refractivity contribution < 1.29 is 13.9 Å². The van der Waals surface area contributed by atoms with E-state index >= 15 is 0 Å². The van der Waals surface area contributed by atoms with Gasteiger partial charge < -0.3 is 14.1 Å². The number of carbonyl (C=O) groups is 1. The van der Waals surface area contributed by atoms with Crippen LogP contribution < -0.4 is 4.74 Å². The van der Waals surface area contributed by atoms with E-state index in [9.17, 15) is 4.79 Å². The lowest BCUT2D eigenvalue weighted by Gasteiger charge is -2.19. The summed E-state index contributed by atoms with van der Waals surface area (Å²) in [6, 6.07) is 5.83. The Morgan fingerprint density at radius 1 is 1.48 bits per heavy atom. The fraction of sp³-hybridized carbons (Fsp3) is 0.333. The van der Waals surface area contributed by atoms with Crippen LogP contribution in [0.5, 0.6) is 5.75 Å². The van der Waals surface area contributed by atoms with Crippen LogP contribution in [0.2, 0.25) is 0 Å². The highest BCUT2D eigenvalue weighted by Crippen LogP contribution is 2.27. The van der Waals surface area contributed by atoms with E-state index in [4.69, 9.17) is 9.15 Å². The molecule has 1 aromatic heterocycles. The van der Waals surface area contributed by atoms with Gasteiger partial charge >= 0.3 is 0 Å². The Kier molecular flexibility index (Phi) is 3.96. The van der Waals surface area contributed by atoms with Gasteiger partial charge in [-0.1, -0.05) is 22.9 Å². The van der Waals surface area contributed by atoms with Gasteiger partial charge in [-0.3, -0.25) is 4.79 Å². The van der Waals surface area contributed by atoms with Crippen LogP contribution in [0.3, 0.4) is 0 Å². The molecule has 0 atom stereocenters. The summed E-state index contributed by atoms with van der Waals surface area (Å²) in [5.41, 5.74) is 1.38. The monoisotopic (exact) mass is 350 g/mol. The molecule has 0 radical (unpaired) electrons. The zero-order valence-corrected chi connectivity index (χ0v) is 13.2. The van der Waals surface area contributed by atoms with Crippen molar-refractivity contribution in [2.24, 2.45) is 0 Å². The Morgan fingerprint density at radius 3 is 3.14 bits per heavy atom. The van der Waals surface area contributed by atoms with Crippen LogP contribution in [0.25, 0.3) is 0 Å². The maximum Gasteiger partial charge on any atom is 0.276 e. The van der Waals surface area contributed by atoms with Gasteiger partial charge in [0.2, 0.25) is 0 Å². The molecule has 2 heterocycles. The first-order valence-electron chi connectivity index (χ1n) is 6.82. The lowest BCUT2D eigenvalue weighted by Crippen LogP contribution is -2.33. The van der Waals surface area contributed by atoms with E-state index in [1.165, 1.54) is 6.39 Å². The van der Waals surface area contributed by atoms with Crippen molar-refractivity contribution in [2.45, 2.75) is 19.9 Å². The second kappa shape index (κ2) is 5.89.